The highest BCUT2D eigenvalue weighted by molar-refractivity contribution is 14.1. The number of rotatable bonds is 6. The van der Waals surface area contributed by atoms with Crippen molar-refractivity contribution in [3.63, 3.8) is 0 Å². The van der Waals surface area contributed by atoms with Crippen molar-refractivity contribution in [1.29, 1.82) is 0 Å². The van der Waals surface area contributed by atoms with Crippen LogP contribution in [0.3, 0.4) is 0 Å². The van der Waals surface area contributed by atoms with Gasteiger partial charge in [-0.1, -0.05) is 12.1 Å². The minimum atomic E-state index is -4.40. The van der Waals surface area contributed by atoms with E-state index < -0.39 is 36.8 Å². The van der Waals surface area contributed by atoms with Gasteiger partial charge in [0.25, 0.3) is 15.7 Å². The molecular formula is C15H12ClIN2O5S. The Bertz CT molecular complexity index is 918. The fraction of sp³-hybridized carbons (Fsp3) is 0.133. The molecule has 25 heavy (non-hydrogen) atoms. The lowest BCUT2D eigenvalue weighted by Gasteiger charge is -2.28. The Morgan fingerprint density at radius 2 is 1.76 bits per heavy atom. The first-order chi connectivity index (χ1) is 11.7. The molecule has 0 amide bonds. The van der Waals surface area contributed by atoms with Crippen molar-refractivity contribution in [2.24, 2.45) is 0 Å². The van der Waals surface area contributed by atoms with Crippen LogP contribution < -0.4 is 4.31 Å². The molecule has 2 rings (SSSR count). The zero-order valence-corrected chi connectivity index (χ0v) is 16.5. The summed E-state index contributed by atoms with van der Waals surface area (Å²) in [5.74, 6) is 0. The first kappa shape index (κ1) is 19.6. The molecule has 1 atom stereocenters. The largest absolute Gasteiger partial charge is 0.289 e. The summed E-state index contributed by atoms with van der Waals surface area (Å²) in [5.41, 5.74) is -0.396. The van der Waals surface area contributed by atoms with E-state index in [0.29, 0.717) is 0 Å². The summed E-state index contributed by atoms with van der Waals surface area (Å²) in [4.78, 5) is 21.6. The molecule has 1 unspecified atom stereocenters. The van der Waals surface area contributed by atoms with Crippen molar-refractivity contribution in [3.8, 4) is 0 Å². The lowest BCUT2D eigenvalue weighted by molar-refractivity contribution is -0.387. The van der Waals surface area contributed by atoms with E-state index in [1.54, 1.807) is 12.1 Å². The van der Waals surface area contributed by atoms with Crippen LogP contribution in [-0.4, -0.2) is 24.6 Å². The second-order valence-electron chi connectivity index (χ2n) is 4.98. The number of carbonyl (C=O) groups is 1. The Hall–Kier alpha value is -1.72. The van der Waals surface area contributed by atoms with Gasteiger partial charge in [-0.05, 0) is 71.4 Å². The molecule has 10 heteroatoms. The molecule has 0 radical (unpaired) electrons. The van der Waals surface area contributed by atoms with E-state index in [-0.39, 0.29) is 5.69 Å². The van der Waals surface area contributed by atoms with Crippen LogP contribution in [0.25, 0.3) is 0 Å². The number of sulfonamides is 1. The molecule has 0 saturated carbocycles. The molecule has 0 saturated heterocycles. The monoisotopic (exact) mass is 494 g/mol. The van der Waals surface area contributed by atoms with Gasteiger partial charge < -0.3 is 0 Å². The van der Waals surface area contributed by atoms with E-state index >= 15 is 0 Å². The zero-order chi connectivity index (χ0) is 18.8. The van der Waals surface area contributed by atoms with Crippen molar-refractivity contribution in [2.45, 2.75) is 17.9 Å². The highest BCUT2D eigenvalue weighted by Gasteiger charge is 2.36. The number of hydrogen-bond donors (Lipinski definition) is 0. The second-order valence-corrected chi connectivity index (χ2v) is 8.38. The number of benzene rings is 2. The molecule has 0 aliphatic carbocycles. The number of hydrogen-bond acceptors (Lipinski definition) is 5. The lowest BCUT2D eigenvalue weighted by Crippen LogP contribution is -2.42. The number of nitrogens with zero attached hydrogens (tertiary/aromatic N) is 2. The number of halogens is 2. The molecular weight excluding hydrogens is 483 g/mol. The maximum atomic E-state index is 13.1. The van der Waals surface area contributed by atoms with E-state index in [2.05, 4.69) is 0 Å². The predicted molar refractivity (Wildman–Crippen MR) is 102 cm³/mol. The first-order valence-electron chi connectivity index (χ1n) is 6.89. The molecule has 0 spiro atoms. The van der Waals surface area contributed by atoms with E-state index in [1.807, 2.05) is 22.6 Å². The molecule has 0 bridgehead atoms. The summed E-state index contributed by atoms with van der Waals surface area (Å²) in [6, 6.07) is 10.0. The van der Waals surface area contributed by atoms with Gasteiger partial charge >= 0.3 is 0 Å². The predicted octanol–water partition coefficient (Wildman–Crippen LogP) is 3.55. The fourth-order valence-corrected chi connectivity index (χ4v) is 4.48. The molecule has 2 aromatic rings. The summed E-state index contributed by atoms with van der Waals surface area (Å²) in [6.45, 7) is 1.32. The average Bonchev–Trinajstić information content (AvgIpc) is 2.56. The van der Waals surface area contributed by atoms with Crippen molar-refractivity contribution in [1.82, 2.24) is 0 Å². The number of nitro benzene ring substituents is 1. The number of anilines is 1. The molecule has 7 nitrogen and oxygen atoms in total. The molecule has 0 N–H and O–H groups in total. The maximum absolute atomic E-state index is 13.1. The Morgan fingerprint density at radius 1 is 1.20 bits per heavy atom. The van der Waals surface area contributed by atoms with Gasteiger partial charge in [-0.15, -0.1) is 0 Å². The molecule has 0 aliphatic heterocycles. The topological polar surface area (TPSA) is 97.6 Å². The Balaban J connectivity index is 2.70. The van der Waals surface area contributed by atoms with Gasteiger partial charge in [0.05, 0.1) is 10.6 Å². The summed E-state index contributed by atoms with van der Waals surface area (Å²) < 4.78 is 27.8. The van der Waals surface area contributed by atoms with Gasteiger partial charge in [-0.25, -0.2) is 8.42 Å². The molecule has 0 fully saturated rings. The minimum Gasteiger partial charge on any atom is -0.279 e. The first-order valence-corrected chi connectivity index (χ1v) is 9.78. The van der Waals surface area contributed by atoms with Crippen LogP contribution in [0.5, 0.6) is 0 Å². The fourth-order valence-electron chi connectivity index (χ4n) is 2.18. The maximum Gasteiger partial charge on any atom is 0.289 e. The molecule has 2 aromatic carbocycles. The smallest absolute Gasteiger partial charge is 0.279 e. The second kappa shape index (κ2) is 7.67. The van der Waals surface area contributed by atoms with Gasteiger partial charge in [0.1, 0.15) is 6.04 Å². The Morgan fingerprint density at radius 3 is 2.28 bits per heavy atom. The highest BCUT2D eigenvalue weighted by Crippen LogP contribution is 2.32. The van der Waals surface area contributed by atoms with Gasteiger partial charge in [-0.3, -0.25) is 19.2 Å². The van der Waals surface area contributed by atoms with Gasteiger partial charge in [0.15, 0.2) is 4.90 Å². The average molecular weight is 495 g/mol. The third kappa shape index (κ3) is 4.10. The van der Waals surface area contributed by atoms with Crippen LogP contribution in [0.4, 0.5) is 11.4 Å². The third-order valence-corrected chi connectivity index (χ3v) is 6.34. The molecule has 0 heterocycles. The van der Waals surface area contributed by atoms with Crippen molar-refractivity contribution in [2.75, 3.05) is 4.31 Å². The number of carbonyl (C=O) groups excluding carboxylic acids is 1. The number of nitro groups is 1. The minimum absolute atomic E-state index is 0.181. The van der Waals surface area contributed by atoms with E-state index in [1.165, 1.54) is 31.2 Å². The van der Waals surface area contributed by atoms with Gasteiger partial charge in [0, 0.05) is 9.64 Å². The van der Waals surface area contributed by atoms with Crippen LogP contribution in [0.2, 0.25) is 0 Å². The summed E-state index contributed by atoms with van der Waals surface area (Å²) >= 11 is 7.57. The molecule has 132 valence electrons. The Labute approximate surface area is 162 Å². The van der Waals surface area contributed by atoms with Crippen LogP contribution >= 0.6 is 34.2 Å². The summed E-state index contributed by atoms with van der Waals surface area (Å²) in [6.07, 6.45) is 0. The molecule has 0 aromatic heterocycles. The number of para-hydroxylation sites is 1. The van der Waals surface area contributed by atoms with E-state index in [9.17, 15) is 23.3 Å². The Kier molecular flexibility index (Phi) is 6.01. The SMILES string of the molecule is CC(C(=O)Cl)N(c1ccc(I)cc1)S(=O)(=O)c1ccccc1[N+](=O)[O-]. The zero-order valence-electron chi connectivity index (χ0n) is 12.8. The van der Waals surface area contributed by atoms with E-state index in [0.717, 1.165) is 20.0 Å². The highest BCUT2D eigenvalue weighted by atomic mass is 127. The third-order valence-electron chi connectivity index (χ3n) is 3.36. The van der Waals surface area contributed by atoms with Crippen LogP contribution in [0.15, 0.2) is 53.4 Å². The quantitative estimate of drug-likeness (QED) is 0.265. The van der Waals surface area contributed by atoms with E-state index in [4.69, 9.17) is 11.6 Å². The van der Waals surface area contributed by atoms with Gasteiger partial charge in [0.2, 0.25) is 5.24 Å². The summed E-state index contributed by atoms with van der Waals surface area (Å²) in [5, 5.41) is 10.3. The van der Waals surface area contributed by atoms with Crippen LogP contribution in [0.1, 0.15) is 6.92 Å². The summed E-state index contributed by atoms with van der Waals surface area (Å²) in [7, 11) is -4.40. The van der Waals surface area contributed by atoms with Crippen molar-refractivity contribution in [3.05, 3.63) is 62.2 Å². The van der Waals surface area contributed by atoms with Crippen LogP contribution in [-0.2, 0) is 14.8 Å². The van der Waals surface area contributed by atoms with Crippen molar-refractivity contribution >= 4 is 60.8 Å². The molecule has 0 aliphatic rings. The van der Waals surface area contributed by atoms with Crippen molar-refractivity contribution < 1.29 is 18.1 Å². The lowest BCUT2D eigenvalue weighted by atomic mass is 10.3. The van der Waals surface area contributed by atoms with Gasteiger partial charge in [-0.2, -0.15) is 0 Å². The standard InChI is InChI=1S/C15H12ClIN2O5S/c1-10(15(16)20)18(12-8-6-11(17)7-9-12)25(23,24)14-5-3-2-4-13(14)19(21)22/h2-10H,1H3. The normalized spacial score (nSPS) is 12.4. The van der Waals surface area contributed by atoms with Crippen LogP contribution in [0, 0.1) is 13.7 Å².